The highest BCUT2D eigenvalue weighted by Crippen LogP contribution is 2.48. The van der Waals surface area contributed by atoms with Crippen molar-refractivity contribution >= 4 is 5.91 Å². The number of hydrogen-bond donors (Lipinski definition) is 1. The minimum absolute atomic E-state index is 0.0351. The molecule has 0 bridgehead atoms. The van der Waals surface area contributed by atoms with Crippen molar-refractivity contribution in [3.05, 3.63) is 30.1 Å². The van der Waals surface area contributed by atoms with Gasteiger partial charge in [0.1, 0.15) is 12.3 Å². The molecule has 2 unspecified atom stereocenters. The van der Waals surface area contributed by atoms with Crippen LogP contribution in [-0.4, -0.2) is 29.7 Å². The van der Waals surface area contributed by atoms with Gasteiger partial charge in [0.25, 0.3) is 0 Å². The van der Waals surface area contributed by atoms with Crippen LogP contribution < -0.4 is 5.32 Å². The quantitative estimate of drug-likeness (QED) is 0.922. The van der Waals surface area contributed by atoms with Gasteiger partial charge in [-0.2, -0.15) is 0 Å². The van der Waals surface area contributed by atoms with E-state index in [0.29, 0.717) is 19.4 Å². The van der Waals surface area contributed by atoms with Crippen molar-refractivity contribution in [2.24, 2.45) is 5.41 Å². The van der Waals surface area contributed by atoms with Crippen molar-refractivity contribution in [1.82, 2.24) is 10.3 Å². The highest BCUT2D eigenvalue weighted by atomic mass is 19.1. The zero-order valence-corrected chi connectivity index (χ0v) is 11.5. The molecule has 108 valence electrons. The van der Waals surface area contributed by atoms with Crippen LogP contribution in [0.5, 0.6) is 0 Å². The number of nitrogens with zero attached hydrogens (tertiary/aromatic N) is 1. The van der Waals surface area contributed by atoms with Gasteiger partial charge in [-0.1, -0.05) is 6.07 Å². The molecule has 1 aliphatic heterocycles. The van der Waals surface area contributed by atoms with Crippen molar-refractivity contribution in [2.75, 3.05) is 6.61 Å². The number of ether oxygens (including phenoxy) is 1. The maximum absolute atomic E-state index is 13.2. The molecule has 3 rings (SSSR count). The van der Waals surface area contributed by atoms with Crippen LogP contribution in [0.3, 0.4) is 0 Å². The normalized spacial score (nSPS) is 36.4. The smallest absolute Gasteiger partial charge is 0.229 e. The molecule has 4 atom stereocenters. The zero-order valence-electron chi connectivity index (χ0n) is 11.5. The second kappa shape index (κ2) is 5.13. The third kappa shape index (κ3) is 2.54. The highest BCUT2D eigenvalue weighted by molar-refractivity contribution is 5.86. The summed E-state index contributed by atoms with van der Waals surface area (Å²) >= 11 is 0. The lowest BCUT2D eigenvalue weighted by molar-refractivity contribution is -0.128. The molecule has 4 nitrogen and oxygen atoms in total. The number of pyridine rings is 1. The lowest BCUT2D eigenvalue weighted by Crippen LogP contribution is -2.43. The van der Waals surface area contributed by atoms with Gasteiger partial charge in [-0.15, -0.1) is 0 Å². The third-order valence-corrected chi connectivity index (χ3v) is 4.29. The number of amides is 1. The molecule has 0 radical (unpaired) electrons. The first-order valence-corrected chi connectivity index (χ1v) is 7.07. The summed E-state index contributed by atoms with van der Waals surface area (Å²) in [6.07, 6.45) is 2.45. The summed E-state index contributed by atoms with van der Waals surface area (Å²) in [5.74, 6) is -0.170. The van der Waals surface area contributed by atoms with Gasteiger partial charge in [0, 0.05) is 18.8 Å². The minimum atomic E-state index is -0.992. The Labute approximate surface area is 117 Å². The first-order chi connectivity index (χ1) is 9.59. The fraction of sp³-hybridized carbons (Fsp3) is 0.600. The number of aromatic nitrogens is 1. The van der Waals surface area contributed by atoms with Crippen molar-refractivity contribution < 1.29 is 13.9 Å². The fourth-order valence-electron chi connectivity index (χ4n) is 2.60. The first kappa shape index (κ1) is 13.5. The molecule has 0 aromatic carbocycles. The van der Waals surface area contributed by atoms with E-state index in [0.717, 1.165) is 12.1 Å². The number of halogens is 1. The number of carbonyl (C=O) groups excluding carboxylic acids is 1. The Kier molecular flexibility index (Phi) is 3.46. The van der Waals surface area contributed by atoms with Crippen LogP contribution in [0.4, 0.5) is 4.39 Å². The van der Waals surface area contributed by atoms with E-state index in [1.807, 2.05) is 18.2 Å². The van der Waals surface area contributed by atoms with Crippen molar-refractivity contribution in [3.8, 4) is 0 Å². The van der Waals surface area contributed by atoms with E-state index >= 15 is 0 Å². The number of carbonyl (C=O) groups is 1. The van der Waals surface area contributed by atoms with E-state index in [2.05, 4.69) is 10.3 Å². The SMILES string of the molecule is CC1(C(=O)N[C@H]2CCO[C@H](c3ccccn3)C2)CC1F. The maximum atomic E-state index is 13.2. The molecular weight excluding hydrogens is 259 g/mol. The van der Waals surface area contributed by atoms with Gasteiger partial charge in [0.15, 0.2) is 0 Å². The predicted molar refractivity (Wildman–Crippen MR) is 71.7 cm³/mol. The Hall–Kier alpha value is -1.49. The van der Waals surface area contributed by atoms with Crippen molar-refractivity contribution in [1.29, 1.82) is 0 Å². The second-order valence-electron chi connectivity index (χ2n) is 5.90. The summed E-state index contributed by atoms with van der Waals surface area (Å²) in [7, 11) is 0. The summed E-state index contributed by atoms with van der Waals surface area (Å²) in [6, 6.07) is 5.75. The molecule has 1 aromatic rings. The molecule has 2 heterocycles. The molecule has 1 saturated heterocycles. The molecule has 1 N–H and O–H groups in total. The van der Waals surface area contributed by atoms with Gasteiger partial charge in [-0.3, -0.25) is 9.78 Å². The Balaban J connectivity index is 1.60. The number of nitrogens with one attached hydrogen (secondary N) is 1. The standard InChI is InChI=1S/C15H19FN2O2/c1-15(9-13(15)16)14(19)18-10-5-7-20-12(8-10)11-4-2-3-6-17-11/h2-4,6,10,12-13H,5,7-9H2,1H3,(H,18,19)/t10-,12-,13?,15?/m0/s1. The maximum Gasteiger partial charge on any atom is 0.229 e. The van der Waals surface area contributed by atoms with E-state index < -0.39 is 11.6 Å². The lowest BCUT2D eigenvalue weighted by atomic mass is 9.99. The van der Waals surface area contributed by atoms with Crippen LogP contribution >= 0.6 is 0 Å². The molecule has 0 spiro atoms. The van der Waals surface area contributed by atoms with E-state index in [-0.39, 0.29) is 18.1 Å². The summed E-state index contributed by atoms with van der Waals surface area (Å²) in [5.41, 5.74) is 0.0752. The average molecular weight is 278 g/mol. The van der Waals surface area contributed by atoms with Crippen LogP contribution in [0, 0.1) is 5.41 Å². The topological polar surface area (TPSA) is 51.2 Å². The van der Waals surface area contributed by atoms with Crippen LogP contribution in [0.2, 0.25) is 0 Å². The molecule has 2 aliphatic rings. The summed E-state index contributed by atoms with van der Waals surface area (Å²) in [4.78, 5) is 16.3. The van der Waals surface area contributed by atoms with E-state index in [4.69, 9.17) is 4.74 Å². The van der Waals surface area contributed by atoms with Crippen molar-refractivity contribution in [3.63, 3.8) is 0 Å². The van der Waals surface area contributed by atoms with E-state index in [9.17, 15) is 9.18 Å². The molecule has 1 aromatic heterocycles. The lowest BCUT2D eigenvalue weighted by Gasteiger charge is -2.30. The molecule has 20 heavy (non-hydrogen) atoms. The summed E-state index contributed by atoms with van der Waals surface area (Å²) in [5, 5.41) is 2.96. The largest absolute Gasteiger partial charge is 0.372 e. The number of rotatable bonds is 3. The second-order valence-corrected chi connectivity index (χ2v) is 5.90. The van der Waals surface area contributed by atoms with E-state index in [1.165, 1.54) is 0 Å². The Morgan fingerprint density at radius 2 is 2.35 bits per heavy atom. The number of alkyl halides is 1. The molecule has 5 heteroatoms. The Morgan fingerprint density at radius 1 is 1.55 bits per heavy atom. The van der Waals surface area contributed by atoms with Crippen molar-refractivity contribution in [2.45, 2.75) is 44.5 Å². The van der Waals surface area contributed by atoms with Gasteiger partial charge in [-0.05, 0) is 38.3 Å². The zero-order chi connectivity index (χ0) is 14.2. The third-order valence-electron chi connectivity index (χ3n) is 4.29. The van der Waals surface area contributed by atoms with Gasteiger partial charge in [0.2, 0.25) is 5.91 Å². The monoisotopic (exact) mass is 278 g/mol. The number of hydrogen-bond acceptors (Lipinski definition) is 3. The molecule has 1 saturated carbocycles. The molecule has 2 fully saturated rings. The highest BCUT2D eigenvalue weighted by Gasteiger charge is 2.57. The van der Waals surface area contributed by atoms with Crippen LogP contribution in [0.1, 0.15) is 38.0 Å². The van der Waals surface area contributed by atoms with Crippen LogP contribution in [0.15, 0.2) is 24.4 Å². The Morgan fingerprint density at radius 3 is 3.00 bits per heavy atom. The molecule has 1 aliphatic carbocycles. The molecular formula is C15H19FN2O2. The predicted octanol–water partition coefficient (Wildman–Crippen LogP) is 2.17. The first-order valence-electron chi connectivity index (χ1n) is 7.07. The van der Waals surface area contributed by atoms with Gasteiger partial charge >= 0.3 is 0 Å². The summed E-state index contributed by atoms with van der Waals surface area (Å²) in [6.45, 7) is 2.27. The minimum Gasteiger partial charge on any atom is -0.372 e. The van der Waals surface area contributed by atoms with Gasteiger partial charge in [0.05, 0.1) is 11.1 Å². The summed E-state index contributed by atoms with van der Waals surface area (Å²) < 4.78 is 18.9. The van der Waals surface area contributed by atoms with Crippen LogP contribution in [0.25, 0.3) is 0 Å². The fourth-order valence-corrected chi connectivity index (χ4v) is 2.60. The molecule has 1 amide bonds. The van der Waals surface area contributed by atoms with Crippen LogP contribution in [-0.2, 0) is 9.53 Å². The van der Waals surface area contributed by atoms with Gasteiger partial charge in [-0.25, -0.2) is 4.39 Å². The van der Waals surface area contributed by atoms with Gasteiger partial charge < -0.3 is 10.1 Å². The Bertz CT molecular complexity index is 496. The van der Waals surface area contributed by atoms with E-state index in [1.54, 1.807) is 13.1 Å². The average Bonchev–Trinajstić information content (AvgIpc) is 3.09.